The van der Waals surface area contributed by atoms with Gasteiger partial charge in [-0.1, -0.05) is 6.07 Å². The van der Waals surface area contributed by atoms with Crippen molar-refractivity contribution in [3.63, 3.8) is 0 Å². The third-order valence-corrected chi connectivity index (χ3v) is 3.18. The fourth-order valence-electron chi connectivity index (χ4n) is 2.54. The lowest BCUT2D eigenvalue weighted by molar-refractivity contribution is 0.357. The van der Waals surface area contributed by atoms with Crippen molar-refractivity contribution in [2.45, 2.75) is 25.7 Å². The number of isocyanates is 1. The molecule has 1 aromatic rings. The highest BCUT2D eigenvalue weighted by Gasteiger charge is 2.25. The lowest BCUT2D eigenvalue weighted by Crippen LogP contribution is -1.89. The van der Waals surface area contributed by atoms with E-state index < -0.39 is 0 Å². The molecule has 1 heterocycles. The molecule has 0 bridgehead atoms. The number of rotatable bonds is 1. The minimum absolute atomic E-state index is 0.708. The zero-order valence-electron chi connectivity index (χ0n) is 8.38. The molecule has 1 aliphatic heterocycles. The summed E-state index contributed by atoms with van der Waals surface area (Å²) in [5.41, 5.74) is 4.48. The Hall–Kier alpha value is -1.60. The van der Waals surface area contributed by atoms with E-state index >= 15 is 0 Å². The molecule has 0 saturated heterocycles. The normalized spacial score (nSPS) is 16.5. The molecule has 0 radical (unpaired) electrons. The molecule has 0 spiro atoms. The Labute approximate surface area is 87.8 Å². The number of carbonyl (C=O) groups excluding carboxylic acids is 1. The van der Waals surface area contributed by atoms with E-state index in [1.165, 1.54) is 16.7 Å². The largest absolute Gasteiger partial charge is 0.491 e. The number of fused-ring (bicyclic) bond motifs is 2. The molecule has 3 nitrogen and oxygen atoms in total. The molecule has 3 rings (SSSR count). The zero-order chi connectivity index (χ0) is 10.3. The third kappa shape index (κ3) is 1.20. The lowest BCUT2D eigenvalue weighted by atomic mass is 10.0. The van der Waals surface area contributed by atoms with Crippen LogP contribution >= 0.6 is 0 Å². The molecule has 76 valence electrons. The van der Waals surface area contributed by atoms with Crippen LogP contribution in [0.4, 0.5) is 5.69 Å². The van der Waals surface area contributed by atoms with Gasteiger partial charge in [0.05, 0.1) is 6.61 Å². The van der Waals surface area contributed by atoms with Crippen LogP contribution < -0.4 is 4.74 Å². The molecular weight excluding hydrogens is 190 g/mol. The molecule has 0 fully saturated rings. The van der Waals surface area contributed by atoms with Gasteiger partial charge in [-0.25, -0.2) is 4.79 Å². The van der Waals surface area contributed by atoms with Crippen LogP contribution in [0, 0.1) is 0 Å². The van der Waals surface area contributed by atoms with Crippen LogP contribution in [0.25, 0.3) is 0 Å². The standard InChI is InChI=1S/C12H11NO2/c14-7-13-11-10-3-1-2-8(10)6-9-4-5-15-12(9)11/h6H,1-5H2. The van der Waals surface area contributed by atoms with E-state index in [1.807, 2.05) is 0 Å². The highest BCUT2D eigenvalue weighted by Crippen LogP contribution is 2.43. The maximum atomic E-state index is 10.4. The second-order valence-electron chi connectivity index (χ2n) is 4.01. The predicted octanol–water partition coefficient (Wildman–Crippen LogP) is 2.08. The van der Waals surface area contributed by atoms with Gasteiger partial charge in [0.2, 0.25) is 6.08 Å². The Morgan fingerprint density at radius 2 is 2.20 bits per heavy atom. The van der Waals surface area contributed by atoms with Gasteiger partial charge in [0.1, 0.15) is 11.4 Å². The predicted molar refractivity (Wildman–Crippen MR) is 55.4 cm³/mol. The number of ether oxygens (including phenoxy) is 1. The average Bonchev–Trinajstić information content (AvgIpc) is 2.84. The van der Waals surface area contributed by atoms with Gasteiger partial charge in [0.15, 0.2) is 0 Å². The van der Waals surface area contributed by atoms with Crippen LogP contribution in [-0.4, -0.2) is 12.7 Å². The monoisotopic (exact) mass is 201 g/mol. The molecule has 0 aromatic heterocycles. The van der Waals surface area contributed by atoms with Crippen molar-refractivity contribution in [2.75, 3.05) is 6.61 Å². The summed E-state index contributed by atoms with van der Waals surface area (Å²) in [5, 5.41) is 0. The summed E-state index contributed by atoms with van der Waals surface area (Å²) in [7, 11) is 0. The maximum absolute atomic E-state index is 10.4. The van der Waals surface area contributed by atoms with Gasteiger partial charge in [-0.05, 0) is 30.4 Å². The van der Waals surface area contributed by atoms with Crippen LogP contribution in [0.2, 0.25) is 0 Å². The Kier molecular flexibility index (Phi) is 1.86. The van der Waals surface area contributed by atoms with E-state index in [2.05, 4.69) is 11.1 Å². The van der Waals surface area contributed by atoms with Crippen molar-refractivity contribution < 1.29 is 9.53 Å². The van der Waals surface area contributed by atoms with Gasteiger partial charge in [-0.2, -0.15) is 4.99 Å². The number of aliphatic imine (C=N–C) groups is 1. The Bertz CT molecular complexity index is 441. The van der Waals surface area contributed by atoms with Crippen molar-refractivity contribution in [2.24, 2.45) is 4.99 Å². The van der Waals surface area contributed by atoms with E-state index in [4.69, 9.17) is 4.74 Å². The van der Waals surface area contributed by atoms with Gasteiger partial charge in [-0.3, -0.25) is 0 Å². The average molecular weight is 201 g/mol. The summed E-state index contributed by atoms with van der Waals surface area (Å²) in [6.07, 6.45) is 5.83. The molecule has 1 aliphatic carbocycles. The first-order valence-electron chi connectivity index (χ1n) is 5.28. The van der Waals surface area contributed by atoms with Gasteiger partial charge in [-0.15, -0.1) is 0 Å². The number of hydrogen-bond donors (Lipinski definition) is 0. The fraction of sp³-hybridized carbons (Fsp3) is 0.417. The highest BCUT2D eigenvalue weighted by atomic mass is 16.5. The molecule has 0 N–H and O–H groups in total. The van der Waals surface area contributed by atoms with E-state index in [0.29, 0.717) is 6.61 Å². The highest BCUT2D eigenvalue weighted by molar-refractivity contribution is 5.69. The van der Waals surface area contributed by atoms with E-state index in [-0.39, 0.29) is 0 Å². The number of nitrogens with zero attached hydrogens (tertiary/aromatic N) is 1. The van der Waals surface area contributed by atoms with Crippen LogP contribution in [-0.2, 0) is 24.1 Å². The Balaban J connectivity index is 2.29. The van der Waals surface area contributed by atoms with Crippen molar-refractivity contribution in [3.8, 4) is 5.75 Å². The summed E-state index contributed by atoms with van der Waals surface area (Å²) in [6.45, 7) is 0.708. The van der Waals surface area contributed by atoms with E-state index in [9.17, 15) is 4.79 Å². The number of hydrogen-bond acceptors (Lipinski definition) is 3. The quantitative estimate of drug-likeness (QED) is 0.515. The summed E-state index contributed by atoms with van der Waals surface area (Å²) >= 11 is 0. The molecular formula is C12H11NO2. The second-order valence-corrected chi connectivity index (χ2v) is 4.01. The molecule has 0 atom stereocenters. The fourth-order valence-corrected chi connectivity index (χ4v) is 2.54. The minimum Gasteiger partial charge on any atom is -0.491 e. The molecule has 0 amide bonds. The van der Waals surface area contributed by atoms with Crippen molar-refractivity contribution in [3.05, 3.63) is 22.8 Å². The molecule has 1 aromatic carbocycles. The van der Waals surface area contributed by atoms with E-state index in [1.54, 1.807) is 6.08 Å². The third-order valence-electron chi connectivity index (χ3n) is 3.18. The van der Waals surface area contributed by atoms with Gasteiger partial charge in [0.25, 0.3) is 0 Å². The molecule has 0 unspecified atom stereocenters. The molecule has 2 aliphatic rings. The SMILES string of the molecule is O=C=Nc1c2c(cc3c1OCC3)CCC2. The first-order chi connectivity index (χ1) is 7.40. The Morgan fingerprint density at radius 3 is 3.07 bits per heavy atom. The maximum Gasteiger partial charge on any atom is 0.240 e. The van der Waals surface area contributed by atoms with Gasteiger partial charge < -0.3 is 4.74 Å². The van der Waals surface area contributed by atoms with Crippen LogP contribution in [0.3, 0.4) is 0 Å². The van der Waals surface area contributed by atoms with Crippen molar-refractivity contribution in [1.29, 1.82) is 0 Å². The molecule has 15 heavy (non-hydrogen) atoms. The molecule has 3 heteroatoms. The van der Waals surface area contributed by atoms with Crippen LogP contribution in [0.15, 0.2) is 11.1 Å². The van der Waals surface area contributed by atoms with Crippen LogP contribution in [0.1, 0.15) is 23.1 Å². The van der Waals surface area contributed by atoms with E-state index in [0.717, 1.165) is 37.1 Å². The first-order valence-corrected chi connectivity index (χ1v) is 5.28. The summed E-state index contributed by atoms with van der Waals surface area (Å²) in [6, 6.07) is 2.22. The van der Waals surface area contributed by atoms with Gasteiger partial charge in [0, 0.05) is 12.0 Å². The van der Waals surface area contributed by atoms with Crippen LogP contribution in [0.5, 0.6) is 5.75 Å². The lowest BCUT2D eigenvalue weighted by Gasteiger charge is -2.08. The van der Waals surface area contributed by atoms with Crippen molar-refractivity contribution in [1.82, 2.24) is 0 Å². The second kappa shape index (κ2) is 3.21. The Morgan fingerprint density at radius 1 is 1.27 bits per heavy atom. The first kappa shape index (κ1) is 8.69. The summed E-state index contributed by atoms with van der Waals surface area (Å²) in [4.78, 5) is 14.2. The topological polar surface area (TPSA) is 38.7 Å². The molecule has 0 saturated carbocycles. The summed E-state index contributed by atoms with van der Waals surface area (Å²) in [5.74, 6) is 0.819. The zero-order valence-corrected chi connectivity index (χ0v) is 8.38. The summed E-state index contributed by atoms with van der Waals surface area (Å²) < 4.78 is 5.53. The minimum atomic E-state index is 0.708. The van der Waals surface area contributed by atoms with Gasteiger partial charge >= 0.3 is 0 Å². The number of aryl methyl sites for hydroxylation is 1. The van der Waals surface area contributed by atoms with Crippen molar-refractivity contribution >= 4 is 11.8 Å². The number of benzene rings is 1. The smallest absolute Gasteiger partial charge is 0.240 e.